The van der Waals surface area contributed by atoms with Gasteiger partial charge in [-0.05, 0) is 12.8 Å². The van der Waals surface area contributed by atoms with Gasteiger partial charge in [0.2, 0.25) is 0 Å². The number of amides is 1. The Morgan fingerprint density at radius 1 is 1.33 bits per heavy atom. The van der Waals surface area contributed by atoms with Gasteiger partial charge in [-0.1, -0.05) is 13.8 Å². The Labute approximate surface area is 120 Å². The number of aromatic nitrogens is 2. The van der Waals surface area contributed by atoms with E-state index in [4.69, 9.17) is 5.73 Å². The van der Waals surface area contributed by atoms with Crippen molar-refractivity contribution in [3.63, 3.8) is 0 Å². The van der Waals surface area contributed by atoms with Crippen molar-refractivity contribution < 1.29 is 4.79 Å². The number of carbonyl (C=O) groups excluding carboxylic acids is 1. The minimum atomic E-state index is -0.335. The molecule has 1 heterocycles. The molecule has 1 aromatic heterocycles. The summed E-state index contributed by atoms with van der Waals surface area (Å²) in [6.07, 6.45) is 6.10. The summed E-state index contributed by atoms with van der Waals surface area (Å²) < 4.78 is 0. The van der Waals surface area contributed by atoms with Crippen molar-refractivity contribution in [1.29, 1.82) is 0 Å². The molecule has 7 heteroatoms. The highest BCUT2D eigenvalue weighted by Gasteiger charge is 2.21. The Balaban J connectivity index is 0. The average Bonchev–Trinajstić information content (AvgIpc) is 2.36. The van der Waals surface area contributed by atoms with Crippen LogP contribution in [0.5, 0.6) is 0 Å². The number of carbonyl (C=O) groups is 1. The highest BCUT2D eigenvalue weighted by molar-refractivity contribution is 5.91. The number of halogens is 2. The summed E-state index contributed by atoms with van der Waals surface area (Å²) in [4.78, 5) is 19.4. The average molecular weight is 295 g/mol. The number of nitrogens with two attached hydrogens (primary N) is 1. The predicted octanol–water partition coefficient (Wildman–Crippen LogP) is 1.57. The maximum absolute atomic E-state index is 11.7. The van der Waals surface area contributed by atoms with Crippen molar-refractivity contribution in [3.05, 3.63) is 24.3 Å². The second-order valence-corrected chi connectivity index (χ2v) is 3.84. The molecule has 0 aliphatic carbocycles. The number of nitrogens with one attached hydrogen (secondary N) is 1. The molecular formula is C11H20Cl2N4O. The van der Waals surface area contributed by atoms with E-state index in [2.05, 4.69) is 15.3 Å². The van der Waals surface area contributed by atoms with Crippen LogP contribution in [0, 0.1) is 0 Å². The molecule has 18 heavy (non-hydrogen) atoms. The number of hydrogen-bond acceptors (Lipinski definition) is 4. The van der Waals surface area contributed by atoms with Crippen LogP contribution in [0.25, 0.3) is 0 Å². The third kappa shape index (κ3) is 5.62. The van der Waals surface area contributed by atoms with Crippen LogP contribution in [0.1, 0.15) is 37.2 Å². The molecule has 0 saturated heterocycles. The van der Waals surface area contributed by atoms with Gasteiger partial charge in [0.05, 0.1) is 6.20 Å². The van der Waals surface area contributed by atoms with Gasteiger partial charge in [-0.3, -0.25) is 9.78 Å². The summed E-state index contributed by atoms with van der Waals surface area (Å²) in [5.41, 5.74) is 6.05. The first-order chi connectivity index (χ1) is 7.61. The lowest BCUT2D eigenvalue weighted by molar-refractivity contribution is 0.0936. The highest BCUT2D eigenvalue weighted by atomic mass is 35.5. The second-order valence-electron chi connectivity index (χ2n) is 3.84. The van der Waals surface area contributed by atoms with E-state index in [1.54, 1.807) is 0 Å². The van der Waals surface area contributed by atoms with Crippen LogP contribution >= 0.6 is 24.8 Å². The van der Waals surface area contributed by atoms with E-state index < -0.39 is 0 Å². The molecule has 5 nitrogen and oxygen atoms in total. The van der Waals surface area contributed by atoms with Crippen molar-refractivity contribution in [3.8, 4) is 0 Å². The fraction of sp³-hybridized carbons (Fsp3) is 0.545. The molecule has 1 amide bonds. The van der Waals surface area contributed by atoms with Crippen LogP contribution in [0.4, 0.5) is 0 Å². The van der Waals surface area contributed by atoms with Gasteiger partial charge >= 0.3 is 0 Å². The molecule has 0 bridgehead atoms. The molecule has 0 radical (unpaired) electrons. The molecule has 0 aliphatic rings. The van der Waals surface area contributed by atoms with Gasteiger partial charge in [-0.15, -0.1) is 24.8 Å². The topological polar surface area (TPSA) is 80.9 Å². The largest absolute Gasteiger partial charge is 0.349 e. The zero-order valence-electron chi connectivity index (χ0n) is 10.5. The van der Waals surface area contributed by atoms with Crippen LogP contribution in [0.15, 0.2) is 18.6 Å². The van der Waals surface area contributed by atoms with Crippen LogP contribution < -0.4 is 11.1 Å². The fourth-order valence-electron chi connectivity index (χ4n) is 1.26. The molecule has 0 atom stereocenters. The smallest absolute Gasteiger partial charge is 0.271 e. The minimum absolute atomic E-state index is 0. The first-order valence-corrected chi connectivity index (χ1v) is 5.44. The van der Waals surface area contributed by atoms with E-state index in [0.29, 0.717) is 12.2 Å². The fourth-order valence-corrected chi connectivity index (χ4v) is 1.26. The summed E-state index contributed by atoms with van der Waals surface area (Å²) in [5.74, 6) is -0.232. The van der Waals surface area contributed by atoms with E-state index in [1.165, 1.54) is 18.6 Å². The maximum Gasteiger partial charge on any atom is 0.271 e. The van der Waals surface area contributed by atoms with Gasteiger partial charge in [-0.2, -0.15) is 0 Å². The van der Waals surface area contributed by atoms with E-state index >= 15 is 0 Å². The third-order valence-electron chi connectivity index (χ3n) is 2.81. The monoisotopic (exact) mass is 294 g/mol. The molecule has 0 saturated carbocycles. The molecule has 1 rings (SSSR count). The molecule has 0 unspecified atom stereocenters. The van der Waals surface area contributed by atoms with Crippen molar-refractivity contribution in [2.45, 2.75) is 32.2 Å². The third-order valence-corrected chi connectivity index (χ3v) is 2.81. The summed E-state index contributed by atoms with van der Waals surface area (Å²) in [6, 6.07) is 0. The Hall–Kier alpha value is -0.910. The molecule has 104 valence electrons. The van der Waals surface area contributed by atoms with Crippen molar-refractivity contribution >= 4 is 30.7 Å². The molecule has 1 aromatic rings. The van der Waals surface area contributed by atoms with Gasteiger partial charge < -0.3 is 11.1 Å². The Morgan fingerprint density at radius 3 is 2.39 bits per heavy atom. The summed E-state index contributed by atoms with van der Waals surface area (Å²) >= 11 is 0. The Morgan fingerprint density at radius 2 is 1.94 bits per heavy atom. The van der Waals surface area contributed by atoms with Gasteiger partial charge in [0.1, 0.15) is 5.69 Å². The molecular weight excluding hydrogens is 275 g/mol. The van der Waals surface area contributed by atoms with Crippen LogP contribution in [0.3, 0.4) is 0 Å². The Bertz CT molecular complexity index is 344. The van der Waals surface area contributed by atoms with Gasteiger partial charge in [0.25, 0.3) is 5.91 Å². The predicted molar refractivity (Wildman–Crippen MR) is 76.4 cm³/mol. The first-order valence-electron chi connectivity index (χ1n) is 5.44. The van der Waals surface area contributed by atoms with E-state index in [0.717, 1.165) is 12.8 Å². The van der Waals surface area contributed by atoms with Gasteiger partial charge in [0, 0.05) is 24.5 Å². The second kappa shape index (κ2) is 9.08. The van der Waals surface area contributed by atoms with Crippen LogP contribution in [-0.2, 0) is 0 Å². The SMILES string of the molecule is CCC(N)(CC)CNC(=O)c1cnccn1.Cl.Cl. The summed E-state index contributed by atoms with van der Waals surface area (Å²) in [5, 5.41) is 2.77. The maximum atomic E-state index is 11.7. The lowest BCUT2D eigenvalue weighted by Crippen LogP contribution is -2.49. The number of hydrogen-bond donors (Lipinski definition) is 2. The summed E-state index contributed by atoms with van der Waals surface area (Å²) in [6.45, 7) is 4.48. The first kappa shape index (κ1) is 19.4. The van der Waals surface area contributed by atoms with E-state index in [9.17, 15) is 4.79 Å². The van der Waals surface area contributed by atoms with E-state index in [1.807, 2.05) is 13.8 Å². The van der Waals surface area contributed by atoms with Gasteiger partial charge in [0.15, 0.2) is 0 Å². The summed E-state index contributed by atoms with van der Waals surface area (Å²) in [7, 11) is 0. The number of nitrogens with zero attached hydrogens (tertiary/aromatic N) is 2. The zero-order chi connectivity index (χ0) is 12.0. The van der Waals surface area contributed by atoms with Crippen molar-refractivity contribution in [2.75, 3.05) is 6.54 Å². The Kier molecular flexibility index (Phi) is 9.80. The lowest BCUT2D eigenvalue weighted by Gasteiger charge is -2.26. The molecule has 0 aliphatic heterocycles. The standard InChI is InChI=1S/C11H18N4O.2ClH/c1-3-11(12,4-2)8-15-10(16)9-7-13-5-6-14-9;;/h5-7H,3-4,8,12H2,1-2H3,(H,15,16);2*1H. The minimum Gasteiger partial charge on any atom is -0.349 e. The molecule has 0 fully saturated rings. The van der Waals surface area contributed by atoms with Crippen molar-refractivity contribution in [2.24, 2.45) is 5.73 Å². The lowest BCUT2D eigenvalue weighted by atomic mass is 9.94. The molecule has 0 spiro atoms. The van der Waals surface area contributed by atoms with Crippen LogP contribution in [-0.4, -0.2) is 28.0 Å². The quantitative estimate of drug-likeness (QED) is 0.864. The van der Waals surface area contributed by atoms with Crippen LogP contribution in [0.2, 0.25) is 0 Å². The highest BCUT2D eigenvalue weighted by Crippen LogP contribution is 2.09. The van der Waals surface area contributed by atoms with Gasteiger partial charge in [-0.25, -0.2) is 4.98 Å². The zero-order valence-corrected chi connectivity index (χ0v) is 12.2. The van der Waals surface area contributed by atoms with E-state index in [-0.39, 0.29) is 36.3 Å². The number of rotatable bonds is 5. The van der Waals surface area contributed by atoms with Crippen molar-refractivity contribution in [1.82, 2.24) is 15.3 Å². The normalized spacial score (nSPS) is 9.94. The molecule has 3 N–H and O–H groups in total. The molecule has 0 aromatic carbocycles.